The van der Waals surface area contributed by atoms with Crippen LogP contribution in [0.15, 0.2) is 53.6 Å². The van der Waals surface area contributed by atoms with Crippen molar-refractivity contribution >= 4 is 5.91 Å². The summed E-state index contributed by atoms with van der Waals surface area (Å²) in [6, 6.07) is 10.5. The van der Waals surface area contributed by atoms with E-state index in [4.69, 9.17) is 9.47 Å². The average molecular weight is 406 g/mol. The van der Waals surface area contributed by atoms with E-state index in [1.54, 1.807) is 41.6 Å². The molecule has 0 fully saturated rings. The van der Waals surface area contributed by atoms with Crippen LogP contribution in [0.4, 0.5) is 0 Å². The van der Waals surface area contributed by atoms with Gasteiger partial charge in [0.25, 0.3) is 11.5 Å². The number of pyridine rings is 1. The quantitative estimate of drug-likeness (QED) is 0.643. The lowest BCUT2D eigenvalue weighted by Crippen LogP contribution is -2.38. The molecule has 0 saturated heterocycles. The molecule has 0 saturated carbocycles. The zero-order valence-electron chi connectivity index (χ0n) is 16.9. The standard InChI is InChI=1S/C22H22N4O4/c1-29-19-7-3-6-17(21(19)30-2)22(28)25-10-8-18-16(14-25)11-20(27)26(24-18)13-15-5-4-9-23-12-15/h3-7,9,11-12H,8,10,13-14H2,1-2H3. The zero-order valence-corrected chi connectivity index (χ0v) is 16.9. The smallest absolute Gasteiger partial charge is 0.267 e. The van der Waals surface area contributed by atoms with Gasteiger partial charge in [-0.1, -0.05) is 12.1 Å². The van der Waals surface area contributed by atoms with Crippen LogP contribution < -0.4 is 15.0 Å². The van der Waals surface area contributed by atoms with E-state index in [-0.39, 0.29) is 11.5 Å². The fraction of sp³-hybridized carbons (Fsp3) is 0.273. The van der Waals surface area contributed by atoms with Crippen molar-refractivity contribution in [2.24, 2.45) is 0 Å². The van der Waals surface area contributed by atoms with Gasteiger partial charge in [0.2, 0.25) is 0 Å². The maximum Gasteiger partial charge on any atom is 0.267 e. The Hall–Kier alpha value is -3.68. The summed E-state index contributed by atoms with van der Waals surface area (Å²) in [4.78, 5) is 31.5. The number of methoxy groups -OCH3 is 2. The van der Waals surface area contributed by atoms with Gasteiger partial charge in [0.1, 0.15) is 0 Å². The Morgan fingerprint density at radius 3 is 2.77 bits per heavy atom. The van der Waals surface area contributed by atoms with Crippen molar-refractivity contribution in [1.29, 1.82) is 0 Å². The zero-order chi connectivity index (χ0) is 21.1. The molecule has 1 aliphatic heterocycles. The fourth-order valence-corrected chi connectivity index (χ4v) is 3.62. The Bertz CT molecular complexity index is 1130. The second-order valence-corrected chi connectivity index (χ2v) is 6.99. The first-order valence-corrected chi connectivity index (χ1v) is 9.59. The predicted octanol–water partition coefficient (Wildman–Crippen LogP) is 1.90. The lowest BCUT2D eigenvalue weighted by Gasteiger charge is -2.29. The van der Waals surface area contributed by atoms with Crippen LogP contribution in [0, 0.1) is 0 Å². The van der Waals surface area contributed by atoms with Crippen molar-refractivity contribution < 1.29 is 14.3 Å². The number of aromatic nitrogens is 3. The molecule has 4 rings (SSSR count). The number of rotatable bonds is 5. The third-order valence-electron chi connectivity index (χ3n) is 5.12. The molecule has 8 heteroatoms. The van der Waals surface area contributed by atoms with Gasteiger partial charge in [-0.15, -0.1) is 0 Å². The van der Waals surface area contributed by atoms with E-state index in [0.717, 1.165) is 16.8 Å². The van der Waals surface area contributed by atoms with Crippen LogP contribution in [0.2, 0.25) is 0 Å². The number of benzene rings is 1. The van der Waals surface area contributed by atoms with Gasteiger partial charge < -0.3 is 14.4 Å². The van der Waals surface area contributed by atoms with Crippen LogP contribution in [0.5, 0.6) is 11.5 Å². The lowest BCUT2D eigenvalue weighted by molar-refractivity contribution is 0.0728. The van der Waals surface area contributed by atoms with Gasteiger partial charge in [-0.05, 0) is 23.8 Å². The van der Waals surface area contributed by atoms with E-state index in [0.29, 0.717) is 43.1 Å². The first kappa shape index (κ1) is 19.6. The Kier molecular flexibility index (Phi) is 5.47. The first-order valence-electron chi connectivity index (χ1n) is 9.59. The monoisotopic (exact) mass is 406 g/mol. The van der Waals surface area contributed by atoms with Crippen LogP contribution >= 0.6 is 0 Å². The minimum Gasteiger partial charge on any atom is -0.493 e. The van der Waals surface area contributed by atoms with Gasteiger partial charge in [-0.2, -0.15) is 5.10 Å². The maximum absolute atomic E-state index is 13.1. The second-order valence-electron chi connectivity index (χ2n) is 6.99. The summed E-state index contributed by atoms with van der Waals surface area (Å²) in [5.41, 5.74) is 2.73. The largest absolute Gasteiger partial charge is 0.493 e. The first-order chi connectivity index (χ1) is 14.6. The van der Waals surface area contributed by atoms with E-state index in [9.17, 15) is 9.59 Å². The molecule has 3 heterocycles. The number of para-hydroxylation sites is 1. The highest BCUT2D eigenvalue weighted by molar-refractivity contribution is 5.98. The number of fused-ring (bicyclic) bond motifs is 1. The van der Waals surface area contributed by atoms with Gasteiger partial charge in [-0.3, -0.25) is 14.6 Å². The van der Waals surface area contributed by atoms with E-state index in [2.05, 4.69) is 10.1 Å². The van der Waals surface area contributed by atoms with Gasteiger partial charge in [-0.25, -0.2) is 4.68 Å². The summed E-state index contributed by atoms with van der Waals surface area (Å²) in [5.74, 6) is 0.734. The number of ether oxygens (including phenoxy) is 2. The molecule has 0 spiro atoms. The Morgan fingerprint density at radius 1 is 1.17 bits per heavy atom. The molecular weight excluding hydrogens is 384 g/mol. The SMILES string of the molecule is COc1cccc(C(=O)N2CCc3nn(Cc4cccnc4)c(=O)cc3C2)c1OC. The minimum absolute atomic E-state index is 0.170. The summed E-state index contributed by atoms with van der Waals surface area (Å²) in [7, 11) is 3.04. The molecule has 30 heavy (non-hydrogen) atoms. The maximum atomic E-state index is 13.1. The van der Waals surface area contributed by atoms with Gasteiger partial charge in [0, 0.05) is 43.5 Å². The molecule has 0 aliphatic carbocycles. The Morgan fingerprint density at radius 2 is 2.03 bits per heavy atom. The van der Waals surface area contributed by atoms with Crippen LogP contribution in [-0.4, -0.2) is 46.3 Å². The molecule has 1 aromatic carbocycles. The third kappa shape index (κ3) is 3.76. The molecule has 3 aromatic rings. The number of carbonyl (C=O) groups excluding carboxylic acids is 1. The minimum atomic E-state index is -0.203. The predicted molar refractivity (Wildman–Crippen MR) is 110 cm³/mol. The highest BCUT2D eigenvalue weighted by atomic mass is 16.5. The Balaban J connectivity index is 1.58. The van der Waals surface area contributed by atoms with Crippen molar-refractivity contribution in [3.05, 3.63) is 81.5 Å². The van der Waals surface area contributed by atoms with Crippen LogP contribution in [-0.2, 0) is 19.5 Å². The summed E-state index contributed by atoms with van der Waals surface area (Å²) < 4.78 is 12.1. The molecule has 1 amide bonds. The molecular formula is C22H22N4O4. The summed E-state index contributed by atoms with van der Waals surface area (Å²) in [6.07, 6.45) is 3.98. The van der Waals surface area contributed by atoms with E-state index in [1.807, 2.05) is 12.1 Å². The topological polar surface area (TPSA) is 86.5 Å². The summed E-state index contributed by atoms with van der Waals surface area (Å²) in [6.45, 7) is 1.19. The van der Waals surface area contributed by atoms with Crippen LogP contribution in [0.1, 0.15) is 27.2 Å². The molecule has 0 bridgehead atoms. The molecule has 154 valence electrons. The van der Waals surface area contributed by atoms with Crippen molar-refractivity contribution in [2.75, 3.05) is 20.8 Å². The highest BCUT2D eigenvalue weighted by Gasteiger charge is 2.26. The van der Waals surface area contributed by atoms with E-state index in [1.165, 1.54) is 18.9 Å². The molecule has 2 aromatic heterocycles. The summed E-state index contributed by atoms with van der Waals surface area (Å²) >= 11 is 0. The Labute approximate surface area is 173 Å². The summed E-state index contributed by atoms with van der Waals surface area (Å²) in [5, 5.41) is 4.53. The van der Waals surface area contributed by atoms with E-state index >= 15 is 0 Å². The number of carbonyl (C=O) groups is 1. The number of nitrogens with zero attached hydrogens (tertiary/aromatic N) is 4. The van der Waals surface area contributed by atoms with Gasteiger partial charge in [0.15, 0.2) is 11.5 Å². The van der Waals surface area contributed by atoms with E-state index < -0.39 is 0 Å². The highest BCUT2D eigenvalue weighted by Crippen LogP contribution is 2.32. The molecule has 0 N–H and O–H groups in total. The van der Waals surface area contributed by atoms with Gasteiger partial charge >= 0.3 is 0 Å². The number of hydrogen-bond acceptors (Lipinski definition) is 6. The third-order valence-corrected chi connectivity index (χ3v) is 5.12. The van der Waals surface area contributed by atoms with Crippen LogP contribution in [0.25, 0.3) is 0 Å². The molecule has 0 atom stereocenters. The number of hydrogen-bond donors (Lipinski definition) is 0. The van der Waals surface area contributed by atoms with Crippen LogP contribution in [0.3, 0.4) is 0 Å². The molecule has 0 unspecified atom stereocenters. The van der Waals surface area contributed by atoms with Crippen molar-refractivity contribution in [2.45, 2.75) is 19.5 Å². The average Bonchev–Trinajstić information content (AvgIpc) is 2.78. The molecule has 0 radical (unpaired) electrons. The lowest BCUT2D eigenvalue weighted by atomic mass is 10.0. The fourth-order valence-electron chi connectivity index (χ4n) is 3.62. The molecule has 8 nitrogen and oxygen atoms in total. The second kappa shape index (κ2) is 8.36. The van der Waals surface area contributed by atoms with Crippen molar-refractivity contribution in [3.63, 3.8) is 0 Å². The van der Waals surface area contributed by atoms with Gasteiger partial charge in [0.05, 0.1) is 32.0 Å². The normalized spacial score (nSPS) is 12.9. The van der Waals surface area contributed by atoms with Crippen molar-refractivity contribution in [1.82, 2.24) is 19.7 Å². The number of amides is 1. The molecule has 1 aliphatic rings. The van der Waals surface area contributed by atoms with Crippen molar-refractivity contribution in [3.8, 4) is 11.5 Å².